The van der Waals surface area contributed by atoms with Crippen LogP contribution >= 0.6 is 0 Å². The van der Waals surface area contributed by atoms with Gasteiger partial charge in [-0.05, 0) is 19.3 Å². The molecule has 68 valence electrons. The highest BCUT2D eigenvalue weighted by Crippen LogP contribution is 2.19. The van der Waals surface area contributed by atoms with Gasteiger partial charge in [-0.3, -0.25) is 0 Å². The van der Waals surface area contributed by atoms with E-state index in [1.54, 1.807) is 4.90 Å². The van der Waals surface area contributed by atoms with E-state index >= 15 is 0 Å². The lowest BCUT2D eigenvalue weighted by Gasteiger charge is -2.38. The maximum atomic E-state index is 11.3. The quantitative estimate of drug-likeness (QED) is 0.578. The summed E-state index contributed by atoms with van der Waals surface area (Å²) in [6, 6.07) is 0.389. The van der Waals surface area contributed by atoms with E-state index in [1.807, 2.05) is 0 Å². The third kappa shape index (κ3) is 1.39. The van der Waals surface area contributed by atoms with Crippen LogP contribution in [0.3, 0.4) is 0 Å². The minimum Gasteiger partial charge on any atom is -0.389 e. The molecule has 0 aromatic rings. The number of carbonyl (C=O) groups excluding carboxylic acids is 1. The van der Waals surface area contributed by atoms with Crippen LogP contribution in [0, 0.1) is 0 Å². The van der Waals surface area contributed by atoms with E-state index in [4.69, 9.17) is 5.11 Å². The van der Waals surface area contributed by atoms with Crippen molar-refractivity contribution in [1.29, 1.82) is 0 Å². The SMILES string of the molecule is O=C(NC1CCC1)N1CC(O)C1. The van der Waals surface area contributed by atoms with Crippen molar-refractivity contribution in [2.24, 2.45) is 0 Å². The standard InChI is InChI=1S/C8H14N2O2/c11-7-4-10(5-7)8(12)9-6-2-1-3-6/h6-7,11H,1-5H2,(H,9,12). The molecule has 1 saturated heterocycles. The smallest absolute Gasteiger partial charge is 0.317 e. The summed E-state index contributed by atoms with van der Waals surface area (Å²) in [4.78, 5) is 12.9. The van der Waals surface area contributed by atoms with E-state index in [2.05, 4.69) is 5.32 Å². The fraction of sp³-hybridized carbons (Fsp3) is 0.875. The van der Waals surface area contributed by atoms with Crippen molar-refractivity contribution in [1.82, 2.24) is 10.2 Å². The normalized spacial score (nSPS) is 24.6. The highest BCUT2D eigenvalue weighted by atomic mass is 16.3. The fourth-order valence-electron chi connectivity index (χ4n) is 1.44. The Hall–Kier alpha value is -0.770. The lowest BCUT2D eigenvalue weighted by Crippen LogP contribution is -2.58. The van der Waals surface area contributed by atoms with Gasteiger partial charge >= 0.3 is 6.03 Å². The van der Waals surface area contributed by atoms with Crippen LogP contribution < -0.4 is 5.32 Å². The predicted molar refractivity (Wildman–Crippen MR) is 43.8 cm³/mol. The highest BCUT2D eigenvalue weighted by Gasteiger charge is 2.30. The van der Waals surface area contributed by atoms with Gasteiger partial charge in [-0.15, -0.1) is 0 Å². The molecule has 1 saturated carbocycles. The van der Waals surface area contributed by atoms with Crippen molar-refractivity contribution in [3.8, 4) is 0 Å². The molecule has 4 nitrogen and oxygen atoms in total. The lowest BCUT2D eigenvalue weighted by atomic mass is 9.93. The average molecular weight is 170 g/mol. The molecule has 2 aliphatic rings. The molecular formula is C8H14N2O2. The molecule has 0 radical (unpaired) electrons. The molecule has 2 fully saturated rings. The number of hydrogen-bond acceptors (Lipinski definition) is 2. The summed E-state index contributed by atoms with van der Waals surface area (Å²) in [7, 11) is 0. The summed E-state index contributed by atoms with van der Waals surface area (Å²) < 4.78 is 0. The Labute approximate surface area is 71.5 Å². The van der Waals surface area contributed by atoms with Crippen LogP contribution in [-0.2, 0) is 0 Å². The topological polar surface area (TPSA) is 52.6 Å². The van der Waals surface area contributed by atoms with Gasteiger partial charge in [0.25, 0.3) is 0 Å². The summed E-state index contributed by atoms with van der Waals surface area (Å²) in [6.45, 7) is 0.997. The van der Waals surface area contributed by atoms with E-state index < -0.39 is 0 Å². The Kier molecular flexibility index (Phi) is 1.92. The Morgan fingerprint density at radius 2 is 2.08 bits per heavy atom. The van der Waals surface area contributed by atoms with Gasteiger partial charge in [0.2, 0.25) is 0 Å². The summed E-state index contributed by atoms with van der Waals surface area (Å²) in [5, 5.41) is 11.9. The Bertz CT molecular complexity index is 185. The average Bonchev–Trinajstić information content (AvgIpc) is 1.90. The van der Waals surface area contributed by atoms with Crippen molar-refractivity contribution in [2.45, 2.75) is 31.4 Å². The van der Waals surface area contributed by atoms with E-state index in [9.17, 15) is 4.79 Å². The zero-order valence-electron chi connectivity index (χ0n) is 6.99. The van der Waals surface area contributed by atoms with Crippen molar-refractivity contribution in [3.05, 3.63) is 0 Å². The van der Waals surface area contributed by atoms with Gasteiger partial charge in [0.05, 0.1) is 19.2 Å². The molecule has 4 heteroatoms. The van der Waals surface area contributed by atoms with Gasteiger partial charge in [0.15, 0.2) is 0 Å². The van der Waals surface area contributed by atoms with Crippen molar-refractivity contribution >= 4 is 6.03 Å². The molecule has 2 amide bonds. The van der Waals surface area contributed by atoms with Gasteiger partial charge in [0.1, 0.15) is 0 Å². The molecule has 2 N–H and O–H groups in total. The van der Waals surface area contributed by atoms with Gasteiger partial charge in [0, 0.05) is 6.04 Å². The van der Waals surface area contributed by atoms with Crippen molar-refractivity contribution < 1.29 is 9.90 Å². The molecule has 0 aromatic carbocycles. The molecule has 0 unspecified atom stereocenters. The van der Waals surface area contributed by atoms with Crippen LogP contribution in [0.25, 0.3) is 0 Å². The molecule has 1 aliphatic carbocycles. The van der Waals surface area contributed by atoms with Crippen molar-refractivity contribution in [2.75, 3.05) is 13.1 Å². The van der Waals surface area contributed by atoms with Gasteiger partial charge in [-0.25, -0.2) is 4.79 Å². The molecule has 0 spiro atoms. The van der Waals surface area contributed by atoms with Gasteiger partial charge < -0.3 is 15.3 Å². The van der Waals surface area contributed by atoms with Crippen LogP contribution in [0.2, 0.25) is 0 Å². The second-order valence-electron chi connectivity index (χ2n) is 3.64. The largest absolute Gasteiger partial charge is 0.389 e. The number of β-amino-alcohol motifs (C(OH)–C–C–N with tert-alkyl or cyclic N) is 1. The first-order valence-electron chi connectivity index (χ1n) is 4.49. The second kappa shape index (κ2) is 2.94. The molecule has 1 heterocycles. The minimum atomic E-state index is -0.294. The molecule has 0 bridgehead atoms. The Balaban J connectivity index is 1.70. The predicted octanol–water partition coefficient (Wildman–Crippen LogP) is -0.0750. The molecule has 0 aromatic heterocycles. The number of hydrogen-bond donors (Lipinski definition) is 2. The number of amides is 2. The van der Waals surface area contributed by atoms with Crippen LogP contribution in [0.4, 0.5) is 4.79 Å². The minimum absolute atomic E-state index is 0.00926. The summed E-state index contributed by atoms with van der Waals surface area (Å²) in [5.41, 5.74) is 0. The number of aliphatic hydroxyl groups excluding tert-OH is 1. The monoisotopic (exact) mass is 170 g/mol. The molecule has 0 atom stereocenters. The Morgan fingerprint density at radius 1 is 1.42 bits per heavy atom. The number of aliphatic hydroxyl groups is 1. The summed E-state index contributed by atoms with van der Waals surface area (Å²) in [5.74, 6) is 0. The van der Waals surface area contributed by atoms with Crippen molar-refractivity contribution in [3.63, 3.8) is 0 Å². The van der Waals surface area contributed by atoms with Crippen LogP contribution in [-0.4, -0.2) is 41.3 Å². The highest BCUT2D eigenvalue weighted by molar-refractivity contribution is 5.75. The number of rotatable bonds is 1. The first-order chi connectivity index (χ1) is 5.75. The number of likely N-dealkylation sites (tertiary alicyclic amines) is 1. The molecule has 1 aliphatic heterocycles. The fourth-order valence-corrected chi connectivity index (χ4v) is 1.44. The van der Waals surface area contributed by atoms with Gasteiger partial charge in [-0.2, -0.15) is 0 Å². The van der Waals surface area contributed by atoms with E-state index in [0.29, 0.717) is 19.1 Å². The van der Waals surface area contributed by atoms with Crippen LogP contribution in [0.15, 0.2) is 0 Å². The van der Waals surface area contributed by atoms with E-state index in [-0.39, 0.29) is 12.1 Å². The number of nitrogens with one attached hydrogen (secondary N) is 1. The third-order valence-corrected chi connectivity index (χ3v) is 2.58. The summed E-state index contributed by atoms with van der Waals surface area (Å²) in [6.07, 6.45) is 3.16. The molecular weight excluding hydrogens is 156 g/mol. The van der Waals surface area contributed by atoms with Crippen LogP contribution in [0.5, 0.6) is 0 Å². The number of nitrogens with zero attached hydrogens (tertiary/aromatic N) is 1. The summed E-state index contributed by atoms with van der Waals surface area (Å²) >= 11 is 0. The van der Waals surface area contributed by atoms with Gasteiger partial charge in [-0.1, -0.05) is 0 Å². The third-order valence-electron chi connectivity index (χ3n) is 2.58. The first kappa shape index (κ1) is 7.86. The first-order valence-corrected chi connectivity index (χ1v) is 4.49. The Morgan fingerprint density at radius 3 is 2.50 bits per heavy atom. The lowest BCUT2D eigenvalue weighted by molar-refractivity contribution is 0.0249. The maximum absolute atomic E-state index is 11.3. The zero-order chi connectivity index (χ0) is 8.55. The van der Waals surface area contributed by atoms with Crippen LogP contribution in [0.1, 0.15) is 19.3 Å². The maximum Gasteiger partial charge on any atom is 0.317 e. The van der Waals surface area contributed by atoms with E-state index in [1.165, 1.54) is 6.42 Å². The molecule has 2 rings (SSSR count). The number of urea groups is 1. The molecule has 12 heavy (non-hydrogen) atoms. The zero-order valence-corrected chi connectivity index (χ0v) is 6.99. The second-order valence-corrected chi connectivity index (χ2v) is 3.64. The van der Waals surface area contributed by atoms with E-state index in [0.717, 1.165) is 12.8 Å². The number of carbonyl (C=O) groups is 1.